The van der Waals surface area contributed by atoms with Crippen molar-refractivity contribution in [3.63, 3.8) is 0 Å². The maximum atomic E-state index is 12.2. The molecule has 1 N–H and O–H groups in total. The number of benzene rings is 2. The molecule has 0 saturated carbocycles. The molecule has 0 amide bonds. The van der Waals surface area contributed by atoms with Crippen molar-refractivity contribution in [3.8, 4) is 5.75 Å². The van der Waals surface area contributed by atoms with E-state index in [4.69, 9.17) is 0 Å². The van der Waals surface area contributed by atoms with Gasteiger partial charge in [-0.1, -0.05) is 0 Å². The van der Waals surface area contributed by atoms with Gasteiger partial charge in [0.25, 0.3) is 0 Å². The zero-order valence-corrected chi connectivity index (χ0v) is 10.6. The van der Waals surface area contributed by atoms with E-state index in [1.54, 1.807) is 30.3 Å². The average Bonchev–Trinajstić information content (AvgIpc) is 2.80. The van der Waals surface area contributed by atoms with Crippen molar-refractivity contribution >= 4 is 27.8 Å². The minimum Gasteiger partial charge on any atom is -0.508 e. The van der Waals surface area contributed by atoms with Crippen LogP contribution in [0.2, 0.25) is 0 Å². The van der Waals surface area contributed by atoms with Crippen molar-refractivity contribution in [1.82, 2.24) is 0 Å². The summed E-state index contributed by atoms with van der Waals surface area (Å²) in [4.78, 5) is 16.8. The molecule has 0 aliphatic carbocycles. The average molecular weight is 271 g/mol. The van der Waals surface area contributed by atoms with Crippen molar-refractivity contribution in [3.05, 3.63) is 53.6 Å². The summed E-state index contributed by atoms with van der Waals surface area (Å²) in [5, 5.41) is 9.20. The van der Waals surface area contributed by atoms with Crippen LogP contribution in [0.1, 0.15) is 15.9 Å². The molecule has 94 valence electrons. The second-order valence-corrected chi connectivity index (χ2v) is 5.34. The van der Waals surface area contributed by atoms with Crippen LogP contribution in [-0.2, 0) is 10.8 Å². The monoisotopic (exact) mass is 271 g/mol. The lowest BCUT2D eigenvalue weighted by Crippen LogP contribution is -2.01. The van der Waals surface area contributed by atoms with Gasteiger partial charge in [-0.3, -0.25) is 4.79 Å². The highest BCUT2D eigenvalue weighted by atomic mass is 32.2. The third-order valence-electron chi connectivity index (χ3n) is 2.86. The van der Waals surface area contributed by atoms with Crippen LogP contribution in [0.15, 0.2) is 52.4 Å². The van der Waals surface area contributed by atoms with Crippen molar-refractivity contribution in [2.75, 3.05) is 0 Å². The molecule has 0 bridgehead atoms. The van der Waals surface area contributed by atoms with E-state index in [1.807, 2.05) is 0 Å². The number of carbonyl (C=O) groups is 1. The number of ketones is 1. The molecule has 0 spiro atoms. The number of hydrogen-bond acceptors (Lipinski definition) is 4. The first kappa shape index (κ1) is 11.8. The zero-order chi connectivity index (χ0) is 13.4. The van der Waals surface area contributed by atoms with E-state index < -0.39 is 10.8 Å². The summed E-state index contributed by atoms with van der Waals surface area (Å²) in [6.07, 6.45) is 0. The van der Waals surface area contributed by atoms with Gasteiger partial charge in [0.2, 0.25) is 0 Å². The van der Waals surface area contributed by atoms with Gasteiger partial charge in [-0.05, 0) is 42.5 Å². The molecule has 0 radical (unpaired) electrons. The van der Waals surface area contributed by atoms with Gasteiger partial charge < -0.3 is 5.11 Å². The van der Waals surface area contributed by atoms with Crippen LogP contribution in [0, 0.1) is 0 Å². The van der Waals surface area contributed by atoms with E-state index in [0.29, 0.717) is 21.7 Å². The summed E-state index contributed by atoms with van der Waals surface area (Å²) in [6.45, 7) is 0. The molecule has 0 saturated heterocycles. The fraction of sp³-hybridized carbons (Fsp3) is 0. The summed E-state index contributed by atoms with van der Waals surface area (Å²) >= 11 is 0. The zero-order valence-electron chi connectivity index (χ0n) is 9.74. The third kappa shape index (κ3) is 2.08. The second kappa shape index (κ2) is 4.44. The van der Waals surface area contributed by atoms with E-state index >= 15 is 0 Å². The molecule has 4 nitrogen and oxygen atoms in total. The van der Waals surface area contributed by atoms with Crippen molar-refractivity contribution in [2.24, 2.45) is 4.99 Å². The number of aliphatic imine (C=N–C) groups is 1. The number of rotatable bonds is 2. The summed E-state index contributed by atoms with van der Waals surface area (Å²) in [5.41, 5.74) is 2.94. The maximum absolute atomic E-state index is 12.2. The normalized spacial score (nSPS) is 16.3. The van der Waals surface area contributed by atoms with E-state index in [9.17, 15) is 14.1 Å². The fourth-order valence-electron chi connectivity index (χ4n) is 1.86. The highest BCUT2D eigenvalue weighted by Crippen LogP contribution is 2.29. The predicted octanol–water partition coefficient (Wildman–Crippen LogP) is 2.40. The molecule has 19 heavy (non-hydrogen) atoms. The summed E-state index contributed by atoms with van der Waals surface area (Å²) in [7, 11) is -1.27. The van der Waals surface area contributed by atoms with Crippen LogP contribution in [0.3, 0.4) is 0 Å². The van der Waals surface area contributed by atoms with Crippen LogP contribution < -0.4 is 0 Å². The van der Waals surface area contributed by atoms with Gasteiger partial charge in [0.15, 0.2) is 5.78 Å². The lowest BCUT2D eigenvalue weighted by molar-refractivity contribution is 0.103. The Morgan fingerprint density at radius 1 is 1.05 bits per heavy atom. The molecule has 0 fully saturated rings. The maximum Gasteiger partial charge on any atom is 0.193 e. The highest BCUT2D eigenvalue weighted by Gasteiger charge is 2.17. The lowest BCUT2D eigenvalue weighted by Gasteiger charge is -2.03. The molecule has 1 aliphatic rings. The van der Waals surface area contributed by atoms with Gasteiger partial charge in [0.1, 0.15) is 5.75 Å². The van der Waals surface area contributed by atoms with Crippen LogP contribution in [-0.4, -0.2) is 20.6 Å². The van der Waals surface area contributed by atoms with Gasteiger partial charge in [0, 0.05) is 11.1 Å². The summed E-state index contributed by atoms with van der Waals surface area (Å²) in [5.74, 6) is -0.0632. The summed E-state index contributed by atoms with van der Waals surface area (Å²) in [6, 6.07) is 11.0. The number of carbonyl (C=O) groups excluding carboxylic acids is 1. The van der Waals surface area contributed by atoms with Gasteiger partial charge in [-0.15, -0.1) is 0 Å². The van der Waals surface area contributed by atoms with Gasteiger partial charge >= 0.3 is 0 Å². The Balaban J connectivity index is 1.99. The fourth-order valence-corrected chi connectivity index (χ4v) is 2.76. The third-order valence-corrected chi connectivity index (χ3v) is 3.91. The quantitative estimate of drug-likeness (QED) is 0.853. The van der Waals surface area contributed by atoms with Crippen LogP contribution >= 0.6 is 0 Å². The summed E-state index contributed by atoms with van der Waals surface area (Å²) < 4.78 is 11.6. The van der Waals surface area contributed by atoms with E-state index in [0.717, 1.165) is 0 Å². The second-order valence-electron chi connectivity index (χ2n) is 4.09. The predicted molar refractivity (Wildman–Crippen MR) is 72.5 cm³/mol. The number of phenols is 1. The number of hydrogen-bond donors (Lipinski definition) is 1. The number of phenolic OH excluding ortho intramolecular Hbond substituents is 1. The molecule has 1 aliphatic heterocycles. The van der Waals surface area contributed by atoms with Crippen molar-refractivity contribution in [2.45, 2.75) is 4.90 Å². The Bertz CT molecular complexity index is 720. The van der Waals surface area contributed by atoms with Crippen molar-refractivity contribution in [1.29, 1.82) is 0 Å². The number of aromatic hydroxyl groups is 1. The highest BCUT2D eigenvalue weighted by molar-refractivity contribution is 7.99. The Morgan fingerprint density at radius 2 is 1.74 bits per heavy atom. The molecule has 0 aromatic heterocycles. The van der Waals surface area contributed by atoms with Crippen molar-refractivity contribution < 1.29 is 14.1 Å². The van der Waals surface area contributed by atoms with Crippen LogP contribution in [0.5, 0.6) is 5.75 Å². The standard InChI is InChI=1S/C14H9NO3S/c16-11-4-1-9(2-5-11)14(17)10-3-6-12-13(7-10)19(18)8-15-12/h1-8,16H. The van der Waals surface area contributed by atoms with Gasteiger partial charge in [-0.25, -0.2) is 9.20 Å². The van der Waals surface area contributed by atoms with E-state index in [2.05, 4.69) is 4.99 Å². The van der Waals surface area contributed by atoms with Crippen LogP contribution in [0.25, 0.3) is 0 Å². The minimum absolute atomic E-state index is 0.111. The first-order valence-electron chi connectivity index (χ1n) is 5.58. The SMILES string of the molecule is O=C(c1ccc(O)cc1)c1ccc2c(c1)S(=O)C=N2. The topological polar surface area (TPSA) is 66.7 Å². The first-order chi connectivity index (χ1) is 9.15. The molecular formula is C14H9NO3S. The molecule has 5 heteroatoms. The minimum atomic E-state index is -1.27. The van der Waals surface area contributed by atoms with Crippen LogP contribution in [0.4, 0.5) is 5.69 Å². The molecule has 2 aromatic rings. The first-order valence-corrected chi connectivity index (χ1v) is 6.79. The molecule has 1 heterocycles. The Labute approximate surface area is 111 Å². The Morgan fingerprint density at radius 3 is 2.47 bits per heavy atom. The molecular weight excluding hydrogens is 262 g/mol. The number of fused-ring (bicyclic) bond motifs is 1. The molecule has 2 aromatic carbocycles. The molecule has 3 rings (SSSR count). The molecule has 1 unspecified atom stereocenters. The molecule has 1 atom stereocenters. The number of nitrogens with zero attached hydrogens (tertiary/aromatic N) is 1. The van der Waals surface area contributed by atoms with E-state index in [-0.39, 0.29) is 11.5 Å². The van der Waals surface area contributed by atoms with Gasteiger partial charge in [-0.2, -0.15) is 0 Å². The lowest BCUT2D eigenvalue weighted by atomic mass is 10.0. The largest absolute Gasteiger partial charge is 0.508 e. The Hall–Kier alpha value is -2.27. The van der Waals surface area contributed by atoms with Gasteiger partial charge in [0.05, 0.1) is 26.9 Å². The smallest absolute Gasteiger partial charge is 0.193 e. The van der Waals surface area contributed by atoms with E-state index in [1.165, 1.54) is 17.7 Å². The Kier molecular flexibility index (Phi) is 2.76.